The molecule has 1 saturated heterocycles. The second-order valence-electron chi connectivity index (χ2n) is 8.73. The fraction of sp³-hybridized carbons (Fsp3) is 0.619. The van der Waals surface area contributed by atoms with E-state index in [4.69, 9.17) is 9.47 Å². The van der Waals surface area contributed by atoms with Crippen LogP contribution in [0.25, 0.3) is 0 Å². The fourth-order valence-corrected chi connectivity index (χ4v) is 4.57. The Morgan fingerprint density at radius 2 is 1.93 bits per heavy atom. The number of nitrogens with zero attached hydrogens (tertiary/aromatic N) is 1. The van der Waals surface area contributed by atoms with E-state index in [1.54, 1.807) is 34.9 Å². The van der Waals surface area contributed by atoms with Crippen LogP contribution in [0, 0.1) is 11.3 Å². The number of hydrogen-bond donors (Lipinski definition) is 1. The zero-order chi connectivity index (χ0) is 20.0. The minimum Gasteiger partial charge on any atom is -0.497 e. The zero-order valence-electron chi connectivity index (χ0n) is 16.7. The zero-order valence-corrected chi connectivity index (χ0v) is 16.7. The SMILES string of the molecule is COc1ccc(C[C@H]2CC[C@@]3(C(=O)OC(C)(C)C)CC(=O)N(C)[C@@]23O)cc1. The molecular formula is C21H29NO5. The van der Waals surface area contributed by atoms with E-state index < -0.39 is 22.7 Å². The molecule has 0 radical (unpaired) electrons. The monoisotopic (exact) mass is 375 g/mol. The van der Waals surface area contributed by atoms with Gasteiger partial charge in [-0.1, -0.05) is 12.1 Å². The third-order valence-corrected chi connectivity index (χ3v) is 5.96. The van der Waals surface area contributed by atoms with Gasteiger partial charge >= 0.3 is 5.97 Å². The summed E-state index contributed by atoms with van der Waals surface area (Å²) in [4.78, 5) is 26.9. The van der Waals surface area contributed by atoms with Gasteiger partial charge < -0.3 is 19.5 Å². The highest BCUT2D eigenvalue weighted by Crippen LogP contribution is 2.59. The van der Waals surface area contributed by atoms with Crippen LogP contribution < -0.4 is 4.74 Å². The maximum absolute atomic E-state index is 13.1. The van der Waals surface area contributed by atoms with Gasteiger partial charge in [-0.3, -0.25) is 9.59 Å². The lowest BCUT2D eigenvalue weighted by atomic mass is 9.76. The normalized spacial score (nSPS) is 30.4. The molecule has 1 saturated carbocycles. The molecule has 3 atom stereocenters. The number of fused-ring (bicyclic) bond motifs is 1. The minimum absolute atomic E-state index is 0.00593. The van der Waals surface area contributed by atoms with Crippen molar-refractivity contribution in [2.24, 2.45) is 11.3 Å². The van der Waals surface area contributed by atoms with E-state index in [-0.39, 0.29) is 18.2 Å². The number of carbonyl (C=O) groups is 2. The van der Waals surface area contributed by atoms with Crippen LogP contribution in [0.15, 0.2) is 24.3 Å². The molecule has 1 amide bonds. The Morgan fingerprint density at radius 1 is 1.30 bits per heavy atom. The molecule has 0 aromatic heterocycles. The molecule has 1 aromatic rings. The third kappa shape index (κ3) is 3.10. The third-order valence-electron chi connectivity index (χ3n) is 5.96. The smallest absolute Gasteiger partial charge is 0.318 e. The van der Waals surface area contributed by atoms with Gasteiger partial charge in [0.25, 0.3) is 0 Å². The van der Waals surface area contributed by atoms with E-state index in [2.05, 4.69) is 0 Å². The first-order valence-electron chi connectivity index (χ1n) is 9.39. The Kier molecular flexibility index (Phi) is 4.75. The van der Waals surface area contributed by atoms with Crippen LogP contribution in [-0.2, 0) is 20.7 Å². The number of aliphatic hydroxyl groups is 1. The van der Waals surface area contributed by atoms with Crippen molar-refractivity contribution >= 4 is 11.9 Å². The van der Waals surface area contributed by atoms with Crippen molar-refractivity contribution < 1.29 is 24.2 Å². The molecule has 148 valence electrons. The van der Waals surface area contributed by atoms with Gasteiger partial charge in [0.2, 0.25) is 5.91 Å². The van der Waals surface area contributed by atoms with E-state index in [1.807, 2.05) is 24.3 Å². The van der Waals surface area contributed by atoms with Crippen LogP contribution in [-0.4, -0.2) is 47.4 Å². The Bertz CT molecular complexity index is 738. The van der Waals surface area contributed by atoms with Crippen LogP contribution in [0.2, 0.25) is 0 Å². The lowest BCUT2D eigenvalue weighted by molar-refractivity contribution is -0.199. The first-order valence-corrected chi connectivity index (χ1v) is 9.39. The Morgan fingerprint density at radius 3 is 2.48 bits per heavy atom. The van der Waals surface area contributed by atoms with E-state index in [0.717, 1.165) is 11.3 Å². The molecule has 6 heteroatoms. The molecule has 1 N–H and O–H groups in total. The maximum atomic E-state index is 13.1. The molecule has 0 bridgehead atoms. The molecular weight excluding hydrogens is 346 g/mol. The molecule has 2 fully saturated rings. The van der Waals surface area contributed by atoms with Crippen LogP contribution in [0.3, 0.4) is 0 Å². The first-order chi connectivity index (χ1) is 12.5. The highest BCUT2D eigenvalue weighted by Gasteiger charge is 2.72. The number of rotatable bonds is 4. The highest BCUT2D eigenvalue weighted by atomic mass is 16.6. The van der Waals surface area contributed by atoms with Crippen molar-refractivity contribution in [1.29, 1.82) is 0 Å². The summed E-state index contributed by atoms with van der Waals surface area (Å²) >= 11 is 0. The predicted molar refractivity (Wildman–Crippen MR) is 100 cm³/mol. The number of carbonyl (C=O) groups excluding carboxylic acids is 2. The number of esters is 1. The quantitative estimate of drug-likeness (QED) is 0.819. The number of likely N-dealkylation sites (tertiary alicyclic amines) is 1. The maximum Gasteiger partial charge on any atom is 0.318 e. The first kappa shape index (κ1) is 19.7. The molecule has 1 aliphatic heterocycles. The van der Waals surface area contributed by atoms with Gasteiger partial charge in [-0.25, -0.2) is 0 Å². The number of methoxy groups -OCH3 is 1. The molecule has 1 aliphatic carbocycles. The van der Waals surface area contributed by atoms with Crippen molar-refractivity contribution in [3.63, 3.8) is 0 Å². The second kappa shape index (κ2) is 6.51. The standard InChI is InChI=1S/C21H29NO5/c1-19(2,3)27-18(24)20-11-10-15(21(20,25)22(4)17(23)13-20)12-14-6-8-16(26-5)9-7-14/h6-9,15,25H,10-13H2,1-5H3/t15-,20+,21-/m1/s1. The molecule has 0 unspecified atom stereocenters. The predicted octanol–water partition coefficient (Wildman–Crippen LogP) is 2.53. The summed E-state index contributed by atoms with van der Waals surface area (Å²) in [5.74, 6) is -0.176. The minimum atomic E-state index is -1.54. The van der Waals surface area contributed by atoms with Crippen molar-refractivity contribution in [3.8, 4) is 5.75 Å². The molecule has 2 aliphatic rings. The summed E-state index contributed by atoms with van der Waals surface area (Å²) in [6.45, 7) is 5.39. The summed E-state index contributed by atoms with van der Waals surface area (Å²) in [7, 11) is 3.20. The lowest BCUT2D eigenvalue weighted by Gasteiger charge is -2.42. The largest absolute Gasteiger partial charge is 0.497 e. The summed E-state index contributed by atoms with van der Waals surface area (Å²) < 4.78 is 10.8. The van der Waals surface area contributed by atoms with Gasteiger partial charge in [0.1, 0.15) is 16.8 Å². The average molecular weight is 375 g/mol. The van der Waals surface area contributed by atoms with Crippen LogP contribution in [0.4, 0.5) is 0 Å². The second-order valence-corrected chi connectivity index (χ2v) is 8.73. The Hall–Kier alpha value is -2.08. The van der Waals surface area contributed by atoms with E-state index in [1.165, 1.54) is 4.90 Å². The van der Waals surface area contributed by atoms with Gasteiger partial charge in [0.05, 0.1) is 7.11 Å². The highest BCUT2D eigenvalue weighted by molar-refractivity contribution is 5.92. The van der Waals surface area contributed by atoms with Gasteiger partial charge in [0, 0.05) is 19.4 Å². The lowest BCUT2D eigenvalue weighted by Crippen LogP contribution is -2.58. The molecule has 1 heterocycles. The van der Waals surface area contributed by atoms with E-state index in [0.29, 0.717) is 19.3 Å². The van der Waals surface area contributed by atoms with E-state index in [9.17, 15) is 14.7 Å². The molecule has 0 spiro atoms. The molecule has 27 heavy (non-hydrogen) atoms. The van der Waals surface area contributed by atoms with Gasteiger partial charge in [0.15, 0.2) is 5.72 Å². The van der Waals surface area contributed by atoms with Gasteiger partial charge in [-0.15, -0.1) is 0 Å². The summed E-state index contributed by atoms with van der Waals surface area (Å²) in [6, 6.07) is 7.65. The van der Waals surface area contributed by atoms with Crippen molar-refractivity contribution in [2.45, 2.75) is 57.8 Å². The van der Waals surface area contributed by atoms with Crippen LogP contribution in [0.5, 0.6) is 5.75 Å². The molecule has 1 aromatic carbocycles. The number of ether oxygens (including phenoxy) is 2. The topological polar surface area (TPSA) is 76.1 Å². The molecule has 6 nitrogen and oxygen atoms in total. The summed E-state index contributed by atoms with van der Waals surface area (Å²) in [5, 5.41) is 11.7. The molecule has 3 rings (SSSR count). The number of benzene rings is 1. The Labute approximate surface area is 160 Å². The number of hydrogen-bond acceptors (Lipinski definition) is 5. The Balaban J connectivity index is 1.92. The van der Waals surface area contributed by atoms with E-state index >= 15 is 0 Å². The summed E-state index contributed by atoms with van der Waals surface area (Å²) in [5.41, 5.74) is -2.39. The average Bonchev–Trinajstić information content (AvgIpc) is 2.98. The van der Waals surface area contributed by atoms with Crippen molar-refractivity contribution in [1.82, 2.24) is 4.90 Å². The van der Waals surface area contributed by atoms with Crippen LogP contribution >= 0.6 is 0 Å². The van der Waals surface area contributed by atoms with Crippen molar-refractivity contribution in [3.05, 3.63) is 29.8 Å². The summed E-state index contributed by atoms with van der Waals surface area (Å²) in [6.07, 6.45) is 1.66. The van der Waals surface area contributed by atoms with Gasteiger partial charge in [-0.2, -0.15) is 0 Å². The fourth-order valence-electron chi connectivity index (χ4n) is 4.57. The number of amides is 1. The van der Waals surface area contributed by atoms with Gasteiger partial charge in [-0.05, 0) is 57.7 Å². The van der Waals surface area contributed by atoms with Crippen LogP contribution in [0.1, 0.15) is 45.6 Å². The van der Waals surface area contributed by atoms with Crippen molar-refractivity contribution in [2.75, 3.05) is 14.2 Å².